The van der Waals surface area contributed by atoms with Crippen LogP contribution in [0.1, 0.15) is 38.1 Å². The van der Waals surface area contributed by atoms with Crippen molar-refractivity contribution in [2.75, 3.05) is 0 Å². The first kappa shape index (κ1) is 11.0. The van der Waals surface area contributed by atoms with Crippen LogP contribution in [-0.2, 0) is 13.1 Å². The van der Waals surface area contributed by atoms with Crippen molar-refractivity contribution < 1.29 is 0 Å². The van der Waals surface area contributed by atoms with E-state index < -0.39 is 0 Å². The molecule has 0 bridgehead atoms. The van der Waals surface area contributed by atoms with Crippen LogP contribution in [0.15, 0.2) is 0 Å². The standard InChI is InChI=1S/C11H18ClN3/c1-4-15-9(10(12)8(2)14-15)7-13-11(3)5-6-11/h13H,4-7H2,1-3H3. The lowest BCUT2D eigenvalue weighted by atomic mass is 10.3. The fourth-order valence-corrected chi connectivity index (χ4v) is 1.90. The molecule has 0 radical (unpaired) electrons. The molecular formula is C11H18ClN3. The Balaban J connectivity index is 2.11. The first-order chi connectivity index (χ1) is 7.06. The zero-order chi connectivity index (χ0) is 11.1. The lowest BCUT2D eigenvalue weighted by Crippen LogP contribution is -2.28. The van der Waals surface area contributed by atoms with Crippen LogP contribution >= 0.6 is 11.6 Å². The van der Waals surface area contributed by atoms with Gasteiger partial charge in [-0.3, -0.25) is 4.68 Å². The summed E-state index contributed by atoms with van der Waals surface area (Å²) in [5, 5.41) is 8.74. The molecule has 1 fully saturated rings. The number of nitrogens with one attached hydrogen (secondary N) is 1. The van der Waals surface area contributed by atoms with Gasteiger partial charge in [-0.25, -0.2) is 0 Å². The highest BCUT2D eigenvalue weighted by Gasteiger charge is 2.36. The average Bonchev–Trinajstić information content (AvgIpc) is 2.87. The summed E-state index contributed by atoms with van der Waals surface area (Å²) >= 11 is 6.22. The van der Waals surface area contributed by atoms with E-state index in [0.717, 1.165) is 29.5 Å². The smallest absolute Gasteiger partial charge is 0.0860 e. The minimum atomic E-state index is 0.347. The number of hydrogen-bond acceptors (Lipinski definition) is 2. The Morgan fingerprint density at radius 3 is 2.73 bits per heavy atom. The van der Waals surface area contributed by atoms with Gasteiger partial charge in [0.15, 0.2) is 0 Å². The van der Waals surface area contributed by atoms with E-state index >= 15 is 0 Å². The normalized spacial score (nSPS) is 18.1. The molecule has 0 amide bonds. The van der Waals surface area contributed by atoms with Gasteiger partial charge >= 0.3 is 0 Å². The SMILES string of the molecule is CCn1nc(C)c(Cl)c1CNC1(C)CC1. The van der Waals surface area contributed by atoms with Crippen molar-refractivity contribution in [3.05, 3.63) is 16.4 Å². The highest BCUT2D eigenvalue weighted by Crippen LogP contribution is 2.35. The second-order valence-electron chi connectivity index (χ2n) is 4.58. The molecule has 3 nitrogen and oxygen atoms in total. The fraction of sp³-hybridized carbons (Fsp3) is 0.727. The van der Waals surface area contributed by atoms with Crippen LogP contribution in [-0.4, -0.2) is 15.3 Å². The summed E-state index contributed by atoms with van der Waals surface area (Å²) in [6, 6.07) is 0. The lowest BCUT2D eigenvalue weighted by molar-refractivity contribution is 0.506. The molecule has 84 valence electrons. The summed E-state index contributed by atoms with van der Waals surface area (Å²) in [5.74, 6) is 0. The van der Waals surface area contributed by atoms with Gasteiger partial charge in [-0.2, -0.15) is 5.10 Å². The van der Waals surface area contributed by atoms with E-state index in [1.54, 1.807) is 0 Å². The Bertz CT molecular complexity index is 366. The number of aromatic nitrogens is 2. The summed E-state index contributed by atoms with van der Waals surface area (Å²) < 4.78 is 1.98. The third-order valence-electron chi connectivity index (χ3n) is 3.14. The van der Waals surface area contributed by atoms with Crippen molar-refractivity contribution >= 4 is 11.6 Å². The van der Waals surface area contributed by atoms with E-state index in [4.69, 9.17) is 11.6 Å². The number of nitrogens with zero attached hydrogens (tertiary/aromatic N) is 2. The van der Waals surface area contributed by atoms with E-state index in [-0.39, 0.29) is 0 Å². The van der Waals surface area contributed by atoms with E-state index in [9.17, 15) is 0 Å². The van der Waals surface area contributed by atoms with Gasteiger partial charge in [0.25, 0.3) is 0 Å². The number of hydrogen-bond donors (Lipinski definition) is 1. The van der Waals surface area contributed by atoms with E-state index in [0.29, 0.717) is 5.54 Å². The molecule has 1 heterocycles. The van der Waals surface area contributed by atoms with Gasteiger partial charge in [0.1, 0.15) is 0 Å². The quantitative estimate of drug-likeness (QED) is 0.857. The van der Waals surface area contributed by atoms with Gasteiger partial charge in [0.05, 0.1) is 16.4 Å². The van der Waals surface area contributed by atoms with Crippen LogP contribution in [0.25, 0.3) is 0 Å². The molecule has 0 atom stereocenters. The van der Waals surface area contributed by atoms with Gasteiger partial charge in [0, 0.05) is 18.6 Å². The Morgan fingerprint density at radius 1 is 1.53 bits per heavy atom. The predicted octanol–water partition coefficient (Wildman–Crippen LogP) is 2.51. The van der Waals surface area contributed by atoms with Crippen molar-refractivity contribution in [1.82, 2.24) is 15.1 Å². The van der Waals surface area contributed by atoms with Crippen LogP contribution in [0.5, 0.6) is 0 Å². The molecule has 15 heavy (non-hydrogen) atoms. The van der Waals surface area contributed by atoms with Crippen LogP contribution in [0.3, 0.4) is 0 Å². The molecule has 1 saturated carbocycles. The molecule has 0 unspecified atom stereocenters. The topological polar surface area (TPSA) is 29.9 Å². The Labute approximate surface area is 95.8 Å². The lowest BCUT2D eigenvalue weighted by Gasteiger charge is -2.12. The monoisotopic (exact) mass is 227 g/mol. The van der Waals surface area contributed by atoms with Crippen molar-refractivity contribution in [3.8, 4) is 0 Å². The van der Waals surface area contributed by atoms with Gasteiger partial charge in [0.2, 0.25) is 0 Å². The molecule has 1 aliphatic rings. The molecule has 1 aromatic heterocycles. The molecule has 0 aromatic carbocycles. The van der Waals surface area contributed by atoms with Crippen LogP contribution in [0.2, 0.25) is 5.02 Å². The Kier molecular flexibility index (Phi) is 2.77. The summed E-state index contributed by atoms with van der Waals surface area (Å²) in [4.78, 5) is 0. The van der Waals surface area contributed by atoms with Gasteiger partial charge in [-0.1, -0.05) is 11.6 Å². The summed E-state index contributed by atoms with van der Waals surface area (Å²) in [5.41, 5.74) is 2.39. The molecule has 0 spiro atoms. The maximum absolute atomic E-state index is 6.22. The largest absolute Gasteiger partial charge is 0.306 e. The highest BCUT2D eigenvalue weighted by atomic mass is 35.5. The summed E-state index contributed by atoms with van der Waals surface area (Å²) in [6.45, 7) is 7.99. The highest BCUT2D eigenvalue weighted by molar-refractivity contribution is 6.31. The van der Waals surface area contributed by atoms with Gasteiger partial charge < -0.3 is 5.32 Å². The first-order valence-electron chi connectivity index (χ1n) is 5.52. The molecule has 4 heteroatoms. The number of rotatable bonds is 4. The first-order valence-corrected chi connectivity index (χ1v) is 5.90. The van der Waals surface area contributed by atoms with E-state index in [1.807, 2.05) is 11.6 Å². The second kappa shape index (κ2) is 3.80. The maximum atomic E-state index is 6.22. The zero-order valence-corrected chi connectivity index (χ0v) is 10.4. The minimum Gasteiger partial charge on any atom is -0.306 e. The van der Waals surface area contributed by atoms with Gasteiger partial charge in [-0.05, 0) is 33.6 Å². The molecule has 1 aromatic rings. The minimum absolute atomic E-state index is 0.347. The van der Waals surface area contributed by atoms with Gasteiger partial charge in [-0.15, -0.1) is 0 Å². The van der Waals surface area contributed by atoms with Crippen molar-refractivity contribution in [3.63, 3.8) is 0 Å². The van der Waals surface area contributed by atoms with Crippen molar-refractivity contribution in [2.45, 2.75) is 52.2 Å². The van der Waals surface area contributed by atoms with E-state index in [1.165, 1.54) is 12.8 Å². The molecule has 2 rings (SSSR count). The van der Waals surface area contributed by atoms with Crippen LogP contribution in [0.4, 0.5) is 0 Å². The number of aryl methyl sites for hydroxylation is 2. The fourth-order valence-electron chi connectivity index (χ4n) is 1.70. The molecule has 0 saturated heterocycles. The number of halogens is 1. The third kappa shape index (κ3) is 2.18. The maximum Gasteiger partial charge on any atom is 0.0860 e. The Morgan fingerprint density at radius 2 is 2.20 bits per heavy atom. The Hall–Kier alpha value is -0.540. The molecule has 1 N–H and O–H groups in total. The van der Waals surface area contributed by atoms with Crippen LogP contribution in [0, 0.1) is 6.92 Å². The van der Waals surface area contributed by atoms with Crippen molar-refractivity contribution in [2.24, 2.45) is 0 Å². The zero-order valence-electron chi connectivity index (χ0n) is 9.60. The van der Waals surface area contributed by atoms with E-state index in [2.05, 4.69) is 24.3 Å². The van der Waals surface area contributed by atoms with Crippen molar-refractivity contribution in [1.29, 1.82) is 0 Å². The third-order valence-corrected chi connectivity index (χ3v) is 3.63. The molecule has 1 aliphatic carbocycles. The summed E-state index contributed by atoms with van der Waals surface area (Å²) in [6.07, 6.45) is 2.54. The average molecular weight is 228 g/mol. The molecular weight excluding hydrogens is 210 g/mol. The summed E-state index contributed by atoms with van der Waals surface area (Å²) in [7, 11) is 0. The predicted molar refractivity (Wildman–Crippen MR) is 62.1 cm³/mol. The van der Waals surface area contributed by atoms with Crippen LogP contribution < -0.4 is 5.32 Å². The molecule has 0 aliphatic heterocycles. The second-order valence-corrected chi connectivity index (χ2v) is 4.95.